The van der Waals surface area contributed by atoms with Gasteiger partial charge in [-0.15, -0.1) is 0 Å². The molecule has 0 radical (unpaired) electrons. The SMILES string of the molecule is COc1ccccc1N1CCN(N=Cc2ccccc2[N+](=O)[O-])CC1. The Morgan fingerprint density at radius 1 is 1.08 bits per heavy atom. The summed E-state index contributed by atoms with van der Waals surface area (Å²) in [6, 6.07) is 14.6. The van der Waals surface area contributed by atoms with E-state index >= 15 is 0 Å². The number of hydrogen-bond acceptors (Lipinski definition) is 6. The highest BCUT2D eigenvalue weighted by Crippen LogP contribution is 2.28. The molecule has 2 aromatic carbocycles. The number of nitro benzene ring substituents is 1. The van der Waals surface area contributed by atoms with Crippen molar-refractivity contribution in [3.05, 3.63) is 64.2 Å². The van der Waals surface area contributed by atoms with Gasteiger partial charge in [0.1, 0.15) is 5.75 Å². The largest absolute Gasteiger partial charge is 0.495 e. The number of hydrogen-bond donors (Lipinski definition) is 0. The molecule has 7 heteroatoms. The van der Waals surface area contributed by atoms with Crippen LogP contribution in [0, 0.1) is 10.1 Å². The minimum atomic E-state index is -0.388. The second-order valence-electron chi connectivity index (χ2n) is 5.67. The summed E-state index contributed by atoms with van der Waals surface area (Å²) in [6.45, 7) is 3.12. The summed E-state index contributed by atoms with van der Waals surface area (Å²) in [4.78, 5) is 12.9. The molecule has 0 aromatic heterocycles. The zero-order valence-electron chi connectivity index (χ0n) is 14.0. The van der Waals surface area contributed by atoms with Gasteiger partial charge >= 0.3 is 0 Å². The van der Waals surface area contributed by atoms with Crippen LogP contribution in [0.5, 0.6) is 5.75 Å². The second kappa shape index (κ2) is 7.65. The highest BCUT2D eigenvalue weighted by molar-refractivity contribution is 5.85. The number of hydrazone groups is 1. The van der Waals surface area contributed by atoms with Crippen LogP contribution in [0.1, 0.15) is 5.56 Å². The van der Waals surface area contributed by atoms with Gasteiger partial charge in [0.05, 0.1) is 42.6 Å². The van der Waals surface area contributed by atoms with E-state index in [0.29, 0.717) is 5.56 Å². The van der Waals surface area contributed by atoms with Gasteiger partial charge in [0.25, 0.3) is 5.69 Å². The monoisotopic (exact) mass is 340 g/mol. The first-order valence-electron chi connectivity index (χ1n) is 8.09. The van der Waals surface area contributed by atoms with E-state index in [-0.39, 0.29) is 10.6 Å². The van der Waals surface area contributed by atoms with Crippen molar-refractivity contribution >= 4 is 17.6 Å². The number of anilines is 1. The highest BCUT2D eigenvalue weighted by Gasteiger charge is 2.18. The number of ether oxygens (including phenoxy) is 1. The smallest absolute Gasteiger partial charge is 0.278 e. The van der Waals surface area contributed by atoms with E-state index in [9.17, 15) is 10.1 Å². The third-order valence-electron chi connectivity index (χ3n) is 4.18. The maximum atomic E-state index is 11.0. The Hall–Kier alpha value is -3.09. The summed E-state index contributed by atoms with van der Waals surface area (Å²) in [5, 5.41) is 17.4. The Morgan fingerprint density at radius 3 is 2.48 bits per heavy atom. The molecule has 0 N–H and O–H groups in total. The van der Waals surface area contributed by atoms with Crippen LogP contribution in [0.25, 0.3) is 0 Å². The molecule has 0 unspecified atom stereocenters. The van der Waals surface area contributed by atoms with Gasteiger partial charge in [-0.25, -0.2) is 0 Å². The highest BCUT2D eigenvalue weighted by atomic mass is 16.6. The van der Waals surface area contributed by atoms with Crippen molar-refractivity contribution in [2.75, 3.05) is 38.2 Å². The van der Waals surface area contributed by atoms with Crippen molar-refractivity contribution in [3.8, 4) is 5.75 Å². The van der Waals surface area contributed by atoms with Gasteiger partial charge in [-0.3, -0.25) is 15.1 Å². The summed E-state index contributed by atoms with van der Waals surface area (Å²) in [5.41, 5.74) is 1.66. The van der Waals surface area contributed by atoms with Crippen LogP contribution in [0.4, 0.5) is 11.4 Å². The van der Waals surface area contributed by atoms with Gasteiger partial charge in [-0.2, -0.15) is 5.10 Å². The van der Waals surface area contributed by atoms with E-state index in [0.717, 1.165) is 37.6 Å². The molecule has 1 fully saturated rings. The third kappa shape index (κ3) is 3.88. The lowest BCUT2D eigenvalue weighted by molar-refractivity contribution is -0.385. The lowest BCUT2D eigenvalue weighted by Gasteiger charge is -2.35. The molecule has 25 heavy (non-hydrogen) atoms. The summed E-state index contributed by atoms with van der Waals surface area (Å²) >= 11 is 0. The molecule has 1 aliphatic heterocycles. The Labute approximate surface area is 146 Å². The fourth-order valence-corrected chi connectivity index (χ4v) is 2.85. The van der Waals surface area contributed by atoms with E-state index in [1.54, 1.807) is 31.5 Å². The Kier molecular flexibility index (Phi) is 5.13. The Balaban J connectivity index is 1.64. The van der Waals surface area contributed by atoms with Gasteiger partial charge in [0.15, 0.2) is 0 Å². The predicted octanol–water partition coefficient (Wildman–Crippen LogP) is 2.76. The predicted molar refractivity (Wildman–Crippen MR) is 97.5 cm³/mol. The number of rotatable bonds is 5. The van der Waals surface area contributed by atoms with E-state index in [1.807, 2.05) is 29.3 Å². The molecule has 0 bridgehead atoms. The van der Waals surface area contributed by atoms with Crippen molar-refractivity contribution in [3.63, 3.8) is 0 Å². The molecule has 1 heterocycles. The van der Waals surface area contributed by atoms with E-state index in [2.05, 4.69) is 10.0 Å². The molecule has 2 aromatic rings. The van der Waals surface area contributed by atoms with Crippen LogP contribution in [0.15, 0.2) is 53.6 Å². The number of nitro groups is 1. The Bertz CT molecular complexity index is 770. The molecule has 0 spiro atoms. The lowest BCUT2D eigenvalue weighted by Crippen LogP contribution is -2.44. The van der Waals surface area contributed by atoms with Crippen LogP contribution >= 0.6 is 0 Å². The van der Waals surface area contributed by atoms with Crippen LogP contribution < -0.4 is 9.64 Å². The third-order valence-corrected chi connectivity index (χ3v) is 4.18. The molecule has 0 saturated carbocycles. The molecule has 7 nitrogen and oxygen atoms in total. The van der Waals surface area contributed by atoms with Crippen LogP contribution in [0.3, 0.4) is 0 Å². The zero-order valence-corrected chi connectivity index (χ0v) is 14.0. The average molecular weight is 340 g/mol. The molecule has 0 aliphatic carbocycles. The fraction of sp³-hybridized carbons (Fsp3) is 0.278. The van der Waals surface area contributed by atoms with E-state index < -0.39 is 0 Å². The molecule has 1 aliphatic rings. The number of benzene rings is 2. The van der Waals surface area contributed by atoms with Crippen molar-refractivity contribution in [1.29, 1.82) is 0 Å². The quantitative estimate of drug-likeness (QED) is 0.475. The van der Waals surface area contributed by atoms with E-state index in [4.69, 9.17) is 4.74 Å². The molecule has 130 valence electrons. The maximum absolute atomic E-state index is 11.0. The van der Waals surface area contributed by atoms with Crippen LogP contribution in [0.2, 0.25) is 0 Å². The minimum absolute atomic E-state index is 0.0684. The molecular weight excluding hydrogens is 320 g/mol. The van der Waals surface area contributed by atoms with Gasteiger partial charge in [-0.1, -0.05) is 24.3 Å². The number of piperazine rings is 1. The molecule has 1 saturated heterocycles. The summed E-state index contributed by atoms with van der Waals surface area (Å²) in [5.74, 6) is 0.861. The first-order valence-corrected chi connectivity index (χ1v) is 8.09. The molecular formula is C18H20N4O3. The van der Waals surface area contributed by atoms with Gasteiger partial charge in [0, 0.05) is 19.2 Å². The normalized spacial score (nSPS) is 14.8. The summed E-state index contributed by atoms with van der Waals surface area (Å²) < 4.78 is 5.42. The molecule has 0 amide bonds. The average Bonchev–Trinajstić information content (AvgIpc) is 2.67. The van der Waals surface area contributed by atoms with Crippen molar-refractivity contribution < 1.29 is 9.66 Å². The Morgan fingerprint density at radius 2 is 1.76 bits per heavy atom. The number of para-hydroxylation sites is 3. The standard InChI is InChI=1S/C18H20N4O3/c1-25-18-9-5-4-8-17(18)20-10-12-21(13-11-20)19-14-15-6-2-3-7-16(15)22(23)24/h2-9,14H,10-13H2,1H3. The zero-order chi connectivity index (χ0) is 17.6. The van der Waals surface area contributed by atoms with Gasteiger partial charge < -0.3 is 9.64 Å². The number of nitrogens with zero attached hydrogens (tertiary/aromatic N) is 4. The lowest BCUT2D eigenvalue weighted by atomic mass is 10.2. The van der Waals surface area contributed by atoms with Crippen molar-refractivity contribution in [2.45, 2.75) is 0 Å². The van der Waals surface area contributed by atoms with Crippen molar-refractivity contribution in [2.24, 2.45) is 5.10 Å². The first-order chi connectivity index (χ1) is 12.2. The summed E-state index contributed by atoms with van der Waals surface area (Å²) in [6.07, 6.45) is 1.57. The summed E-state index contributed by atoms with van der Waals surface area (Å²) in [7, 11) is 1.67. The maximum Gasteiger partial charge on any atom is 0.278 e. The van der Waals surface area contributed by atoms with Crippen LogP contribution in [-0.4, -0.2) is 49.4 Å². The van der Waals surface area contributed by atoms with Gasteiger partial charge in [-0.05, 0) is 18.2 Å². The van der Waals surface area contributed by atoms with E-state index in [1.165, 1.54) is 6.07 Å². The minimum Gasteiger partial charge on any atom is -0.495 e. The topological polar surface area (TPSA) is 71.2 Å². The first kappa shape index (κ1) is 16.8. The van der Waals surface area contributed by atoms with Crippen LogP contribution in [-0.2, 0) is 0 Å². The number of methoxy groups -OCH3 is 1. The second-order valence-corrected chi connectivity index (χ2v) is 5.67. The molecule has 3 rings (SSSR count). The van der Waals surface area contributed by atoms with Gasteiger partial charge in [0.2, 0.25) is 0 Å². The van der Waals surface area contributed by atoms with Crippen molar-refractivity contribution in [1.82, 2.24) is 5.01 Å². The fourth-order valence-electron chi connectivity index (χ4n) is 2.85. The molecule has 0 atom stereocenters.